The van der Waals surface area contributed by atoms with Gasteiger partial charge >= 0.3 is 0 Å². The first kappa shape index (κ1) is 14.3. The van der Waals surface area contributed by atoms with Gasteiger partial charge in [-0.25, -0.2) is 0 Å². The van der Waals surface area contributed by atoms with Gasteiger partial charge in [-0.05, 0) is 47.5 Å². The minimum atomic E-state index is 0.131. The molecule has 20 heavy (non-hydrogen) atoms. The standard InChI is InChI=1S/C16H19BrN2S/c17-14-3-1-12(2-4-14)15(18)5-8-19-9-6-16-13(11-19)7-10-20-16/h1-4,7,10,15H,5-6,8-9,11,18H2. The van der Waals surface area contributed by atoms with Gasteiger partial charge in [0.05, 0.1) is 0 Å². The quantitative estimate of drug-likeness (QED) is 0.904. The molecule has 1 atom stereocenters. The van der Waals surface area contributed by atoms with E-state index in [0.717, 1.165) is 24.0 Å². The van der Waals surface area contributed by atoms with Crippen molar-refractivity contribution in [3.05, 3.63) is 56.2 Å². The summed E-state index contributed by atoms with van der Waals surface area (Å²) in [6.45, 7) is 3.33. The Morgan fingerprint density at radius 3 is 2.85 bits per heavy atom. The Kier molecular flexibility index (Phi) is 4.56. The van der Waals surface area contributed by atoms with Gasteiger partial charge in [0.15, 0.2) is 0 Å². The maximum Gasteiger partial charge on any atom is 0.0307 e. The van der Waals surface area contributed by atoms with Gasteiger partial charge in [-0.2, -0.15) is 0 Å². The van der Waals surface area contributed by atoms with Crippen LogP contribution in [0.4, 0.5) is 0 Å². The Morgan fingerprint density at radius 1 is 1.25 bits per heavy atom. The highest BCUT2D eigenvalue weighted by molar-refractivity contribution is 9.10. The second-order valence-corrected chi connectivity index (χ2v) is 7.26. The molecule has 0 radical (unpaired) electrons. The molecular weight excluding hydrogens is 332 g/mol. The summed E-state index contributed by atoms with van der Waals surface area (Å²) in [5.41, 5.74) is 9.03. The highest BCUT2D eigenvalue weighted by Gasteiger charge is 2.17. The number of nitrogens with zero attached hydrogens (tertiary/aromatic N) is 1. The molecule has 3 rings (SSSR count). The summed E-state index contributed by atoms with van der Waals surface area (Å²) in [5, 5.41) is 2.21. The van der Waals surface area contributed by atoms with Crippen molar-refractivity contribution in [2.24, 2.45) is 5.73 Å². The van der Waals surface area contributed by atoms with Crippen molar-refractivity contribution in [3.8, 4) is 0 Å². The number of hydrogen-bond donors (Lipinski definition) is 1. The second kappa shape index (κ2) is 6.39. The van der Waals surface area contributed by atoms with E-state index >= 15 is 0 Å². The van der Waals surface area contributed by atoms with Crippen molar-refractivity contribution >= 4 is 27.3 Å². The predicted octanol–water partition coefficient (Wildman–Crippen LogP) is 3.96. The number of nitrogens with two attached hydrogens (primary N) is 1. The van der Waals surface area contributed by atoms with Crippen LogP contribution in [0.3, 0.4) is 0 Å². The predicted molar refractivity (Wildman–Crippen MR) is 89.0 cm³/mol. The van der Waals surface area contributed by atoms with Crippen LogP contribution < -0.4 is 5.73 Å². The molecule has 0 aliphatic carbocycles. The molecule has 0 spiro atoms. The lowest BCUT2D eigenvalue weighted by molar-refractivity contribution is 0.246. The minimum absolute atomic E-state index is 0.131. The summed E-state index contributed by atoms with van der Waals surface area (Å²) >= 11 is 5.35. The lowest BCUT2D eigenvalue weighted by Crippen LogP contribution is -2.32. The molecule has 2 aromatic rings. The zero-order valence-corrected chi connectivity index (χ0v) is 13.8. The molecule has 1 aliphatic heterocycles. The molecule has 2 heterocycles. The zero-order valence-electron chi connectivity index (χ0n) is 11.4. The fraction of sp³-hybridized carbons (Fsp3) is 0.375. The van der Waals surface area contributed by atoms with Crippen LogP contribution in [0.5, 0.6) is 0 Å². The topological polar surface area (TPSA) is 29.3 Å². The Hall–Kier alpha value is -0.680. The number of rotatable bonds is 4. The minimum Gasteiger partial charge on any atom is -0.324 e. The number of fused-ring (bicyclic) bond motifs is 1. The second-order valence-electron chi connectivity index (χ2n) is 5.34. The van der Waals surface area contributed by atoms with E-state index in [1.165, 1.54) is 24.1 Å². The van der Waals surface area contributed by atoms with Crippen LogP contribution in [-0.4, -0.2) is 18.0 Å². The Bertz CT molecular complexity index is 564. The molecule has 1 aliphatic rings. The van der Waals surface area contributed by atoms with Gasteiger partial charge in [-0.3, -0.25) is 4.90 Å². The zero-order chi connectivity index (χ0) is 13.9. The summed E-state index contributed by atoms with van der Waals surface area (Å²) in [7, 11) is 0. The molecule has 1 aromatic carbocycles. The molecule has 0 saturated carbocycles. The smallest absolute Gasteiger partial charge is 0.0307 e. The summed E-state index contributed by atoms with van der Waals surface area (Å²) < 4.78 is 1.11. The van der Waals surface area contributed by atoms with E-state index in [1.54, 1.807) is 4.88 Å². The van der Waals surface area contributed by atoms with Crippen molar-refractivity contribution < 1.29 is 0 Å². The lowest BCUT2D eigenvalue weighted by atomic mass is 10.0. The highest BCUT2D eigenvalue weighted by atomic mass is 79.9. The van der Waals surface area contributed by atoms with E-state index < -0.39 is 0 Å². The average molecular weight is 351 g/mol. The van der Waals surface area contributed by atoms with Crippen molar-refractivity contribution in [1.82, 2.24) is 4.90 Å². The number of benzene rings is 1. The van der Waals surface area contributed by atoms with Crippen LogP contribution in [-0.2, 0) is 13.0 Å². The monoisotopic (exact) mass is 350 g/mol. The first-order valence-corrected chi connectivity index (χ1v) is 8.68. The average Bonchev–Trinajstić information content (AvgIpc) is 2.93. The molecule has 2 N–H and O–H groups in total. The lowest BCUT2D eigenvalue weighted by Gasteiger charge is -2.27. The van der Waals surface area contributed by atoms with Gasteiger partial charge in [-0.15, -0.1) is 11.3 Å². The van der Waals surface area contributed by atoms with Gasteiger partial charge in [0.2, 0.25) is 0 Å². The largest absolute Gasteiger partial charge is 0.324 e. The van der Waals surface area contributed by atoms with Gasteiger partial charge in [0, 0.05) is 35.0 Å². The van der Waals surface area contributed by atoms with Crippen LogP contribution in [0.15, 0.2) is 40.2 Å². The molecule has 0 amide bonds. The van der Waals surface area contributed by atoms with E-state index in [1.807, 2.05) is 11.3 Å². The number of halogens is 1. The third-order valence-electron chi connectivity index (χ3n) is 3.94. The number of hydrogen-bond acceptors (Lipinski definition) is 3. The van der Waals surface area contributed by atoms with Gasteiger partial charge in [0.25, 0.3) is 0 Å². The normalized spacial score (nSPS) is 16.9. The Balaban J connectivity index is 1.54. The molecule has 106 valence electrons. The van der Waals surface area contributed by atoms with Crippen LogP contribution >= 0.6 is 27.3 Å². The molecule has 0 bridgehead atoms. The first-order chi connectivity index (χ1) is 9.72. The van der Waals surface area contributed by atoms with Crippen LogP contribution in [0.1, 0.15) is 28.5 Å². The molecular formula is C16H19BrN2S. The van der Waals surface area contributed by atoms with Gasteiger partial charge in [-0.1, -0.05) is 28.1 Å². The molecule has 1 aromatic heterocycles. The van der Waals surface area contributed by atoms with Crippen molar-refractivity contribution in [3.63, 3.8) is 0 Å². The number of thiophene rings is 1. The van der Waals surface area contributed by atoms with Crippen molar-refractivity contribution in [2.45, 2.75) is 25.4 Å². The van der Waals surface area contributed by atoms with Crippen LogP contribution in [0.25, 0.3) is 0 Å². The van der Waals surface area contributed by atoms with Gasteiger partial charge < -0.3 is 5.73 Å². The molecule has 1 unspecified atom stereocenters. The molecule has 4 heteroatoms. The van der Waals surface area contributed by atoms with Crippen molar-refractivity contribution in [1.29, 1.82) is 0 Å². The maximum atomic E-state index is 6.30. The van der Waals surface area contributed by atoms with Crippen LogP contribution in [0, 0.1) is 0 Å². The maximum absolute atomic E-state index is 6.30. The summed E-state index contributed by atoms with van der Waals surface area (Å²) in [5.74, 6) is 0. The Morgan fingerprint density at radius 2 is 2.05 bits per heavy atom. The van der Waals surface area contributed by atoms with E-state index in [4.69, 9.17) is 5.73 Å². The highest BCUT2D eigenvalue weighted by Crippen LogP contribution is 2.25. The van der Waals surface area contributed by atoms with E-state index in [-0.39, 0.29) is 6.04 Å². The van der Waals surface area contributed by atoms with Gasteiger partial charge in [0.1, 0.15) is 0 Å². The Labute approximate surface area is 132 Å². The fourth-order valence-corrected chi connectivity index (χ4v) is 3.85. The van der Waals surface area contributed by atoms with E-state index in [2.05, 4.69) is 56.5 Å². The SMILES string of the molecule is NC(CCN1CCc2sccc2C1)c1ccc(Br)cc1. The third kappa shape index (κ3) is 3.31. The first-order valence-electron chi connectivity index (χ1n) is 7.01. The molecule has 0 fully saturated rings. The molecule has 2 nitrogen and oxygen atoms in total. The van der Waals surface area contributed by atoms with E-state index in [0.29, 0.717) is 0 Å². The summed E-state index contributed by atoms with van der Waals surface area (Å²) in [6.07, 6.45) is 2.21. The molecule has 0 saturated heterocycles. The summed E-state index contributed by atoms with van der Waals surface area (Å²) in [6, 6.07) is 10.7. The van der Waals surface area contributed by atoms with Crippen molar-refractivity contribution in [2.75, 3.05) is 13.1 Å². The van der Waals surface area contributed by atoms with E-state index in [9.17, 15) is 0 Å². The third-order valence-corrected chi connectivity index (χ3v) is 5.49. The fourth-order valence-electron chi connectivity index (χ4n) is 2.70. The van der Waals surface area contributed by atoms with Crippen LogP contribution in [0.2, 0.25) is 0 Å². The summed E-state index contributed by atoms with van der Waals surface area (Å²) in [4.78, 5) is 4.09.